The Hall–Kier alpha value is -1.21. The maximum absolute atomic E-state index is 12.2. The molecule has 0 aliphatic carbocycles. The quantitative estimate of drug-likeness (QED) is 0.0547. The second-order valence-corrected chi connectivity index (χ2v) is 10.6. The number of carbonyl (C=O) groups excluding carboxylic acids is 2. The fourth-order valence-electron chi connectivity index (χ4n) is 3.66. The van der Waals surface area contributed by atoms with Crippen LogP contribution < -0.4 is 0 Å². The zero-order valence-electron chi connectivity index (χ0n) is 22.7. The predicted octanol–water partition coefficient (Wildman–Crippen LogP) is 7.17. The van der Waals surface area contributed by atoms with Gasteiger partial charge in [-0.15, -0.1) is 0 Å². The minimum atomic E-state index is -4.73. The molecule has 1 atom stereocenters. The maximum Gasteiger partial charge on any atom is 0.469 e. The van der Waals surface area contributed by atoms with Crippen LogP contribution in [0.4, 0.5) is 0 Å². The summed E-state index contributed by atoms with van der Waals surface area (Å²) in [5.41, 5.74) is 0. The van der Waals surface area contributed by atoms with Crippen molar-refractivity contribution in [3.8, 4) is 0 Å². The Labute approximate surface area is 218 Å². The molecule has 0 amide bonds. The molecule has 0 aliphatic heterocycles. The van der Waals surface area contributed by atoms with Gasteiger partial charge in [0.2, 0.25) is 0 Å². The third-order valence-electron chi connectivity index (χ3n) is 5.78. The van der Waals surface area contributed by atoms with E-state index in [-0.39, 0.29) is 19.4 Å². The second kappa shape index (κ2) is 24.1. The molecular weight excluding hydrogens is 483 g/mol. The molecule has 0 spiro atoms. The summed E-state index contributed by atoms with van der Waals surface area (Å²) in [7, 11) is -4.73. The van der Waals surface area contributed by atoms with Crippen molar-refractivity contribution in [3.05, 3.63) is 12.2 Å². The van der Waals surface area contributed by atoms with Crippen LogP contribution in [0.25, 0.3) is 0 Å². The van der Waals surface area contributed by atoms with Gasteiger partial charge in [0.25, 0.3) is 0 Å². The third kappa shape index (κ3) is 25.9. The Balaban J connectivity index is 4.09. The van der Waals surface area contributed by atoms with Crippen molar-refractivity contribution in [2.75, 3.05) is 13.2 Å². The van der Waals surface area contributed by atoms with Crippen LogP contribution in [0.2, 0.25) is 0 Å². The third-order valence-corrected chi connectivity index (χ3v) is 6.27. The molecule has 8 nitrogen and oxygen atoms in total. The Morgan fingerprint density at radius 3 is 1.75 bits per heavy atom. The monoisotopic (exact) mass is 534 g/mol. The van der Waals surface area contributed by atoms with Gasteiger partial charge in [-0.1, -0.05) is 90.2 Å². The van der Waals surface area contributed by atoms with E-state index in [9.17, 15) is 14.2 Å². The average molecular weight is 535 g/mol. The zero-order chi connectivity index (χ0) is 26.9. The molecule has 0 bridgehead atoms. The molecule has 0 aromatic heterocycles. The van der Waals surface area contributed by atoms with E-state index in [0.717, 1.165) is 70.6 Å². The molecular formula is C27H51O8P. The van der Waals surface area contributed by atoms with Gasteiger partial charge in [-0.2, -0.15) is 0 Å². The highest BCUT2D eigenvalue weighted by Crippen LogP contribution is 2.35. The number of phosphoric ester groups is 1. The summed E-state index contributed by atoms with van der Waals surface area (Å²) >= 11 is 0. The molecule has 0 fully saturated rings. The first kappa shape index (κ1) is 34.8. The summed E-state index contributed by atoms with van der Waals surface area (Å²) < 4.78 is 25.9. The number of rotatable bonds is 25. The molecule has 2 N–H and O–H groups in total. The molecule has 9 heteroatoms. The molecule has 0 heterocycles. The first-order valence-electron chi connectivity index (χ1n) is 14.0. The van der Waals surface area contributed by atoms with E-state index in [1.54, 1.807) is 0 Å². The number of unbranched alkanes of at least 4 members (excludes halogenated alkanes) is 13. The van der Waals surface area contributed by atoms with Gasteiger partial charge in [-0.25, -0.2) is 4.57 Å². The van der Waals surface area contributed by atoms with E-state index in [4.69, 9.17) is 19.3 Å². The lowest BCUT2D eigenvalue weighted by atomic mass is 10.1. The lowest BCUT2D eigenvalue weighted by molar-refractivity contribution is -0.161. The maximum atomic E-state index is 12.2. The molecule has 0 unspecified atom stereocenters. The van der Waals surface area contributed by atoms with Gasteiger partial charge in [0.05, 0.1) is 6.61 Å². The minimum absolute atomic E-state index is 0.204. The van der Waals surface area contributed by atoms with E-state index in [1.165, 1.54) is 25.7 Å². The van der Waals surface area contributed by atoms with Crippen LogP contribution >= 0.6 is 7.82 Å². The van der Waals surface area contributed by atoms with Crippen LogP contribution in [-0.2, 0) is 28.2 Å². The minimum Gasteiger partial charge on any atom is -0.462 e. The summed E-state index contributed by atoms with van der Waals surface area (Å²) in [4.78, 5) is 42.0. The highest BCUT2D eigenvalue weighted by atomic mass is 31.2. The number of ether oxygens (including phenoxy) is 2. The number of hydrogen-bond donors (Lipinski definition) is 2. The topological polar surface area (TPSA) is 119 Å². The van der Waals surface area contributed by atoms with Crippen molar-refractivity contribution in [1.29, 1.82) is 0 Å². The van der Waals surface area contributed by atoms with Crippen molar-refractivity contribution in [3.63, 3.8) is 0 Å². The Morgan fingerprint density at radius 2 is 1.17 bits per heavy atom. The molecule has 0 aromatic rings. The van der Waals surface area contributed by atoms with Crippen molar-refractivity contribution in [1.82, 2.24) is 0 Å². The van der Waals surface area contributed by atoms with Gasteiger partial charge < -0.3 is 19.3 Å². The first-order valence-corrected chi connectivity index (χ1v) is 15.5. The second-order valence-electron chi connectivity index (χ2n) is 9.37. The normalized spacial score (nSPS) is 12.7. The number of phosphoric acid groups is 1. The van der Waals surface area contributed by atoms with Crippen LogP contribution in [0.3, 0.4) is 0 Å². The van der Waals surface area contributed by atoms with E-state index < -0.39 is 32.5 Å². The van der Waals surface area contributed by atoms with E-state index in [1.807, 2.05) is 0 Å². The van der Waals surface area contributed by atoms with Crippen LogP contribution in [0, 0.1) is 0 Å². The number of esters is 2. The molecule has 0 rings (SSSR count). The fourth-order valence-corrected chi connectivity index (χ4v) is 4.02. The lowest BCUT2D eigenvalue weighted by Gasteiger charge is -2.18. The van der Waals surface area contributed by atoms with Crippen LogP contribution in [-0.4, -0.2) is 41.0 Å². The van der Waals surface area contributed by atoms with Crippen LogP contribution in [0.15, 0.2) is 12.2 Å². The standard InChI is InChI=1S/C27H51O8P/c1-3-5-7-9-11-12-13-14-15-16-18-20-22-27(29)35-25(24-34-36(30,31)32)23-33-26(28)21-19-17-10-8-6-4-2/h11-12,25H,3-10,13-24H2,1-2H3,(H2,30,31,32)/b12-11-/t25-/m0/s1. The van der Waals surface area contributed by atoms with Gasteiger partial charge in [0.1, 0.15) is 6.61 Å². The highest BCUT2D eigenvalue weighted by Gasteiger charge is 2.22. The SMILES string of the molecule is CCCCC/C=C\CCCCCCCC(=O)O[C@@H](COC(=O)CCCCCCCC)COP(=O)(O)O. The number of hydrogen-bond acceptors (Lipinski definition) is 6. The average Bonchev–Trinajstić information content (AvgIpc) is 2.83. The zero-order valence-corrected chi connectivity index (χ0v) is 23.6. The fraction of sp³-hybridized carbons (Fsp3) is 0.852. The van der Waals surface area contributed by atoms with Gasteiger partial charge in [0.15, 0.2) is 6.10 Å². The Kier molecular flexibility index (Phi) is 23.3. The summed E-state index contributed by atoms with van der Waals surface area (Å²) in [6, 6.07) is 0. The lowest BCUT2D eigenvalue weighted by Crippen LogP contribution is -2.29. The van der Waals surface area contributed by atoms with Gasteiger partial charge in [-0.3, -0.25) is 14.1 Å². The Morgan fingerprint density at radius 1 is 0.694 bits per heavy atom. The highest BCUT2D eigenvalue weighted by molar-refractivity contribution is 7.46. The van der Waals surface area contributed by atoms with Gasteiger partial charge in [0, 0.05) is 12.8 Å². The van der Waals surface area contributed by atoms with Crippen LogP contribution in [0.5, 0.6) is 0 Å². The van der Waals surface area contributed by atoms with Crippen molar-refractivity contribution in [2.45, 2.75) is 136 Å². The largest absolute Gasteiger partial charge is 0.469 e. The van der Waals surface area contributed by atoms with Gasteiger partial charge in [-0.05, 0) is 38.5 Å². The van der Waals surface area contributed by atoms with Crippen LogP contribution in [0.1, 0.15) is 129 Å². The summed E-state index contributed by atoms with van der Waals surface area (Å²) in [5.74, 6) is -0.908. The number of carbonyl (C=O) groups is 2. The summed E-state index contributed by atoms with van der Waals surface area (Å²) in [6.45, 7) is 3.53. The van der Waals surface area contributed by atoms with E-state index >= 15 is 0 Å². The molecule has 0 saturated heterocycles. The molecule has 0 saturated carbocycles. The predicted molar refractivity (Wildman–Crippen MR) is 142 cm³/mol. The summed E-state index contributed by atoms with van der Waals surface area (Å²) in [6.07, 6.45) is 21.1. The van der Waals surface area contributed by atoms with E-state index in [2.05, 4.69) is 30.5 Å². The molecule has 0 radical (unpaired) electrons. The molecule has 212 valence electrons. The number of allylic oxidation sites excluding steroid dienone is 2. The van der Waals surface area contributed by atoms with Crippen molar-refractivity contribution in [2.24, 2.45) is 0 Å². The summed E-state index contributed by atoms with van der Waals surface area (Å²) in [5, 5.41) is 0. The Bertz CT molecular complexity index is 617. The molecule has 36 heavy (non-hydrogen) atoms. The van der Waals surface area contributed by atoms with E-state index in [0.29, 0.717) is 6.42 Å². The smallest absolute Gasteiger partial charge is 0.462 e. The van der Waals surface area contributed by atoms with Crippen molar-refractivity contribution < 1.29 is 37.9 Å². The van der Waals surface area contributed by atoms with Gasteiger partial charge >= 0.3 is 19.8 Å². The first-order chi connectivity index (χ1) is 17.3. The molecule has 0 aromatic carbocycles. The van der Waals surface area contributed by atoms with Crippen molar-refractivity contribution >= 4 is 19.8 Å². The molecule has 0 aliphatic rings.